The van der Waals surface area contributed by atoms with Crippen LogP contribution in [0.15, 0.2) is 48.7 Å². The third-order valence-corrected chi connectivity index (χ3v) is 5.24. The lowest BCUT2D eigenvalue weighted by Gasteiger charge is -2.16. The topological polar surface area (TPSA) is 54.1 Å². The van der Waals surface area contributed by atoms with Gasteiger partial charge in [0.25, 0.3) is 5.91 Å². The van der Waals surface area contributed by atoms with Gasteiger partial charge in [-0.1, -0.05) is 29.8 Å². The van der Waals surface area contributed by atoms with E-state index in [2.05, 4.69) is 10.3 Å². The maximum absolute atomic E-state index is 12.6. The molecule has 0 bridgehead atoms. The summed E-state index contributed by atoms with van der Waals surface area (Å²) in [4.78, 5) is 15.9. The summed E-state index contributed by atoms with van der Waals surface area (Å²) in [5, 5.41) is 4.97. The highest BCUT2D eigenvalue weighted by atomic mass is 35.5. The molecule has 0 unspecified atom stereocenters. The smallest absolute Gasteiger partial charge is 0.255 e. The van der Waals surface area contributed by atoms with Crippen LogP contribution in [0.1, 0.15) is 28.8 Å². The molecule has 1 saturated carbocycles. The van der Waals surface area contributed by atoms with E-state index < -0.39 is 0 Å². The Hall–Kier alpha value is -2.46. The molecule has 1 aliphatic rings. The molecule has 0 atom stereocenters. The van der Waals surface area contributed by atoms with Crippen LogP contribution >= 0.6 is 11.6 Å². The van der Waals surface area contributed by atoms with Crippen molar-refractivity contribution < 1.29 is 9.53 Å². The Morgan fingerprint density at radius 1 is 1.28 bits per heavy atom. The van der Waals surface area contributed by atoms with E-state index >= 15 is 0 Å². The van der Waals surface area contributed by atoms with Gasteiger partial charge in [-0.3, -0.25) is 4.79 Å². The molecule has 0 radical (unpaired) electrons. The molecule has 1 aromatic heterocycles. The predicted molar refractivity (Wildman–Crippen MR) is 99.5 cm³/mol. The molecule has 2 aromatic carbocycles. The van der Waals surface area contributed by atoms with Crippen LogP contribution < -0.4 is 10.1 Å². The number of carbonyl (C=O) groups excluding carboxylic acids is 1. The van der Waals surface area contributed by atoms with E-state index in [0.717, 1.165) is 23.4 Å². The number of H-pyrrole nitrogens is 1. The molecule has 4 nitrogen and oxygen atoms in total. The first-order chi connectivity index (χ1) is 12.1. The molecule has 1 fully saturated rings. The molecular weight excluding hydrogens is 336 g/mol. The average Bonchev–Trinajstić information content (AvgIpc) is 3.31. The highest BCUT2D eigenvalue weighted by Gasteiger charge is 2.45. The van der Waals surface area contributed by atoms with Crippen molar-refractivity contribution in [2.75, 3.05) is 13.7 Å². The van der Waals surface area contributed by atoms with E-state index in [0.29, 0.717) is 17.9 Å². The molecule has 1 aliphatic carbocycles. The maximum Gasteiger partial charge on any atom is 0.255 e. The minimum atomic E-state index is -0.105. The van der Waals surface area contributed by atoms with E-state index in [4.69, 9.17) is 16.3 Å². The number of aromatic nitrogens is 1. The lowest BCUT2D eigenvalue weighted by molar-refractivity contribution is 0.0946. The third kappa shape index (κ3) is 2.87. The number of fused-ring (bicyclic) bond motifs is 1. The molecule has 0 spiro atoms. The van der Waals surface area contributed by atoms with Crippen molar-refractivity contribution in [3.05, 3.63) is 64.8 Å². The van der Waals surface area contributed by atoms with Gasteiger partial charge in [0.2, 0.25) is 0 Å². The third-order valence-electron chi connectivity index (χ3n) is 5.01. The number of aromatic amines is 1. The summed E-state index contributed by atoms with van der Waals surface area (Å²) in [6.45, 7) is 0.611. The number of hydrogen-bond donors (Lipinski definition) is 2. The number of methoxy groups -OCH3 is 1. The first-order valence-electron chi connectivity index (χ1n) is 8.31. The van der Waals surface area contributed by atoms with Crippen molar-refractivity contribution in [2.24, 2.45) is 0 Å². The van der Waals surface area contributed by atoms with Crippen LogP contribution in [0.5, 0.6) is 5.75 Å². The van der Waals surface area contributed by atoms with Crippen molar-refractivity contribution in [1.29, 1.82) is 0 Å². The van der Waals surface area contributed by atoms with Gasteiger partial charge in [0.15, 0.2) is 0 Å². The number of benzene rings is 2. The summed E-state index contributed by atoms with van der Waals surface area (Å²) in [6.07, 6.45) is 4.17. The lowest BCUT2D eigenvalue weighted by Crippen LogP contribution is -2.32. The Morgan fingerprint density at radius 3 is 2.84 bits per heavy atom. The van der Waals surface area contributed by atoms with Crippen LogP contribution in [-0.2, 0) is 5.41 Å². The van der Waals surface area contributed by atoms with Gasteiger partial charge in [0.05, 0.1) is 12.7 Å². The Morgan fingerprint density at radius 2 is 2.08 bits per heavy atom. The second-order valence-corrected chi connectivity index (χ2v) is 6.99. The van der Waals surface area contributed by atoms with Crippen LogP contribution in [0.2, 0.25) is 5.02 Å². The summed E-state index contributed by atoms with van der Waals surface area (Å²) in [6, 6.07) is 13.2. The van der Waals surface area contributed by atoms with Gasteiger partial charge in [-0.25, -0.2) is 0 Å². The molecule has 2 N–H and O–H groups in total. The average molecular weight is 355 g/mol. The largest absolute Gasteiger partial charge is 0.496 e. The van der Waals surface area contributed by atoms with Crippen molar-refractivity contribution in [3.8, 4) is 5.75 Å². The summed E-state index contributed by atoms with van der Waals surface area (Å²) >= 11 is 6.07. The molecule has 4 rings (SSSR count). The van der Waals surface area contributed by atoms with Gasteiger partial charge in [0, 0.05) is 34.1 Å². The standard InChI is InChI=1S/C20H19ClN2O2/c1-25-18-5-3-2-4-15(18)19(24)23-12-20(8-9-20)16-11-22-17-10-13(21)6-7-14(16)17/h2-7,10-11,22H,8-9,12H2,1H3,(H,23,24). The predicted octanol–water partition coefficient (Wildman–Crippen LogP) is 4.29. The molecule has 25 heavy (non-hydrogen) atoms. The molecule has 5 heteroatoms. The lowest BCUT2D eigenvalue weighted by atomic mass is 9.95. The fourth-order valence-electron chi connectivity index (χ4n) is 3.41. The van der Waals surface area contributed by atoms with Crippen LogP contribution in [0.3, 0.4) is 0 Å². The Balaban J connectivity index is 1.55. The quantitative estimate of drug-likeness (QED) is 0.718. The van der Waals surface area contributed by atoms with Gasteiger partial charge in [-0.05, 0) is 42.7 Å². The van der Waals surface area contributed by atoms with E-state index in [1.54, 1.807) is 19.2 Å². The number of halogens is 1. The fraction of sp³-hybridized carbons (Fsp3) is 0.250. The van der Waals surface area contributed by atoms with Crippen molar-refractivity contribution in [1.82, 2.24) is 10.3 Å². The minimum Gasteiger partial charge on any atom is -0.496 e. The second-order valence-electron chi connectivity index (χ2n) is 6.56. The van der Waals surface area contributed by atoms with Crippen LogP contribution in [0.25, 0.3) is 10.9 Å². The van der Waals surface area contributed by atoms with Crippen molar-refractivity contribution in [3.63, 3.8) is 0 Å². The van der Waals surface area contributed by atoms with E-state index in [1.165, 1.54) is 10.9 Å². The zero-order valence-electron chi connectivity index (χ0n) is 13.9. The summed E-state index contributed by atoms with van der Waals surface area (Å²) in [5.74, 6) is 0.484. The molecule has 1 amide bonds. The van der Waals surface area contributed by atoms with Gasteiger partial charge < -0.3 is 15.0 Å². The first-order valence-corrected chi connectivity index (χ1v) is 8.69. The number of para-hydroxylation sites is 1. The fourth-order valence-corrected chi connectivity index (χ4v) is 3.58. The minimum absolute atomic E-state index is 0.00373. The zero-order valence-corrected chi connectivity index (χ0v) is 14.7. The molecule has 128 valence electrons. The summed E-state index contributed by atoms with van der Waals surface area (Å²) in [5.41, 5.74) is 2.85. The maximum atomic E-state index is 12.6. The highest BCUT2D eigenvalue weighted by Crippen LogP contribution is 2.50. The van der Waals surface area contributed by atoms with Gasteiger partial charge in [0.1, 0.15) is 5.75 Å². The second kappa shape index (κ2) is 6.12. The summed E-state index contributed by atoms with van der Waals surface area (Å²) < 4.78 is 5.28. The Kier molecular flexibility index (Phi) is 3.92. The van der Waals surface area contributed by atoms with Crippen molar-refractivity contribution in [2.45, 2.75) is 18.3 Å². The molecular formula is C20H19ClN2O2. The van der Waals surface area contributed by atoms with E-state index in [9.17, 15) is 4.79 Å². The Bertz CT molecular complexity index is 944. The SMILES string of the molecule is COc1ccccc1C(=O)NCC1(c2c[nH]c3cc(Cl)ccc23)CC1. The van der Waals surface area contributed by atoms with E-state index in [1.807, 2.05) is 36.5 Å². The van der Waals surface area contributed by atoms with E-state index in [-0.39, 0.29) is 11.3 Å². The number of rotatable bonds is 5. The number of hydrogen-bond acceptors (Lipinski definition) is 2. The number of carbonyl (C=O) groups is 1. The monoisotopic (exact) mass is 354 g/mol. The van der Waals surface area contributed by atoms with Gasteiger partial charge in [-0.2, -0.15) is 0 Å². The molecule has 0 aliphatic heterocycles. The van der Waals surface area contributed by atoms with Crippen LogP contribution in [0.4, 0.5) is 0 Å². The highest BCUT2D eigenvalue weighted by molar-refractivity contribution is 6.31. The molecule has 1 heterocycles. The van der Waals surface area contributed by atoms with Gasteiger partial charge in [-0.15, -0.1) is 0 Å². The summed E-state index contributed by atoms with van der Waals surface area (Å²) in [7, 11) is 1.57. The van der Waals surface area contributed by atoms with Crippen LogP contribution in [0, 0.1) is 0 Å². The zero-order chi connectivity index (χ0) is 17.4. The molecule has 0 saturated heterocycles. The Labute approximate surface area is 151 Å². The molecule has 3 aromatic rings. The number of nitrogens with one attached hydrogen (secondary N) is 2. The van der Waals surface area contributed by atoms with Crippen molar-refractivity contribution >= 4 is 28.4 Å². The number of amides is 1. The number of ether oxygens (including phenoxy) is 1. The van der Waals surface area contributed by atoms with Gasteiger partial charge >= 0.3 is 0 Å². The van der Waals surface area contributed by atoms with Crippen LogP contribution in [-0.4, -0.2) is 24.5 Å². The first kappa shape index (κ1) is 16.0. The normalized spacial score (nSPS) is 15.1.